The minimum atomic E-state index is -0.0473. The molecule has 5 heteroatoms. The number of hydrogen-bond acceptors (Lipinski definition) is 3. The third kappa shape index (κ3) is 2.80. The minimum absolute atomic E-state index is 0.0473. The number of aliphatic hydroxyl groups is 1. The van der Waals surface area contributed by atoms with Crippen LogP contribution >= 0.6 is 31.9 Å². The Bertz CT molecular complexity index is 316. The highest BCUT2D eigenvalue weighted by Crippen LogP contribution is 2.34. The standard InChI is InChI=1S/C9H8Br2O3/c10-7-3-6(5-13)4-8(11)9(7)14-2-1-12/h3-5,12H,1-2H2. The zero-order valence-corrected chi connectivity index (χ0v) is 10.3. The van der Waals surface area contributed by atoms with E-state index < -0.39 is 0 Å². The molecular formula is C9H8Br2O3. The van der Waals surface area contributed by atoms with Crippen molar-refractivity contribution in [3.63, 3.8) is 0 Å². The van der Waals surface area contributed by atoms with Gasteiger partial charge < -0.3 is 9.84 Å². The van der Waals surface area contributed by atoms with Crippen molar-refractivity contribution < 1.29 is 14.6 Å². The summed E-state index contributed by atoms with van der Waals surface area (Å²) in [5.74, 6) is 0.588. The highest BCUT2D eigenvalue weighted by molar-refractivity contribution is 9.11. The van der Waals surface area contributed by atoms with Crippen LogP contribution in [0.2, 0.25) is 0 Å². The maximum absolute atomic E-state index is 10.5. The van der Waals surface area contributed by atoms with Crippen LogP contribution in [-0.4, -0.2) is 24.6 Å². The van der Waals surface area contributed by atoms with E-state index >= 15 is 0 Å². The molecule has 0 radical (unpaired) electrons. The summed E-state index contributed by atoms with van der Waals surface area (Å²) in [6, 6.07) is 3.31. The predicted octanol–water partition coefficient (Wildman–Crippen LogP) is 2.40. The van der Waals surface area contributed by atoms with Gasteiger partial charge in [0.1, 0.15) is 18.6 Å². The van der Waals surface area contributed by atoms with E-state index in [9.17, 15) is 4.79 Å². The molecule has 0 saturated heterocycles. The first kappa shape index (κ1) is 11.7. The molecule has 0 fully saturated rings. The van der Waals surface area contributed by atoms with Crippen LogP contribution in [0.5, 0.6) is 5.75 Å². The molecule has 76 valence electrons. The monoisotopic (exact) mass is 322 g/mol. The van der Waals surface area contributed by atoms with Crippen molar-refractivity contribution in [3.05, 3.63) is 26.6 Å². The van der Waals surface area contributed by atoms with Crippen molar-refractivity contribution in [2.45, 2.75) is 0 Å². The van der Waals surface area contributed by atoms with E-state index in [0.717, 1.165) is 6.29 Å². The van der Waals surface area contributed by atoms with Crippen LogP contribution in [0.25, 0.3) is 0 Å². The number of benzene rings is 1. The molecular weight excluding hydrogens is 316 g/mol. The van der Waals surface area contributed by atoms with E-state index in [0.29, 0.717) is 20.3 Å². The van der Waals surface area contributed by atoms with Crippen molar-refractivity contribution >= 4 is 38.1 Å². The van der Waals surface area contributed by atoms with Gasteiger partial charge in [-0.2, -0.15) is 0 Å². The lowest BCUT2D eigenvalue weighted by Crippen LogP contribution is -2.03. The molecule has 0 aliphatic rings. The fraction of sp³-hybridized carbons (Fsp3) is 0.222. The Kier molecular flexibility index (Phi) is 4.57. The van der Waals surface area contributed by atoms with Crippen LogP contribution in [0.4, 0.5) is 0 Å². The first-order valence-corrected chi connectivity index (χ1v) is 5.45. The van der Waals surface area contributed by atoms with E-state index in [2.05, 4.69) is 31.9 Å². The largest absolute Gasteiger partial charge is 0.489 e. The van der Waals surface area contributed by atoms with Crippen LogP contribution < -0.4 is 4.74 Å². The molecule has 3 nitrogen and oxygen atoms in total. The zero-order chi connectivity index (χ0) is 10.6. The highest BCUT2D eigenvalue weighted by Gasteiger charge is 2.08. The smallest absolute Gasteiger partial charge is 0.150 e. The number of halogens is 2. The fourth-order valence-corrected chi connectivity index (χ4v) is 2.38. The summed E-state index contributed by atoms with van der Waals surface area (Å²) >= 11 is 6.55. The van der Waals surface area contributed by atoms with Gasteiger partial charge in [-0.1, -0.05) is 0 Å². The lowest BCUT2D eigenvalue weighted by atomic mass is 10.2. The summed E-state index contributed by atoms with van der Waals surface area (Å²) in [4.78, 5) is 10.5. The summed E-state index contributed by atoms with van der Waals surface area (Å²) in [6.07, 6.45) is 0.755. The Morgan fingerprint density at radius 3 is 2.36 bits per heavy atom. The van der Waals surface area contributed by atoms with Gasteiger partial charge in [-0.15, -0.1) is 0 Å². The average Bonchev–Trinajstić information content (AvgIpc) is 2.16. The third-order valence-electron chi connectivity index (χ3n) is 1.49. The summed E-state index contributed by atoms with van der Waals surface area (Å²) < 4.78 is 6.62. The molecule has 0 heterocycles. The van der Waals surface area contributed by atoms with E-state index in [-0.39, 0.29) is 13.2 Å². The number of ether oxygens (including phenoxy) is 1. The van der Waals surface area contributed by atoms with Crippen LogP contribution in [0.1, 0.15) is 10.4 Å². The first-order chi connectivity index (χ1) is 6.69. The predicted molar refractivity (Wildman–Crippen MR) is 59.8 cm³/mol. The number of carbonyl (C=O) groups is 1. The number of carbonyl (C=O) groups excluding carboxylic acids is 1. The molecule has 1 aromatic rings. The third-order valence-corrected chi connectivity index (χ3v) is 2.67. The SMILES string of the molecule is O=Cc1cc(Br)c(OCCO)c(Br)c1. The van der Waals surface area contributed by atoms with Crippen molar-refractivity contribution in [2.24, 2.45) is 0 Å². The fourth-order valence-electron chi connectivity index (χ4n) is 0.933. The van der Waals surface area contributed by atoms with Gasteiger partial charge in [0.15, 0.2) is 0 Å². The van der Waals surface area contributed by atoms with Gasteiger partial charge in [0.05, 0.1) is 15.6 Å². The van der Waals surface area contributed by atoms with Gasteiger partial charge in [-0.3, -0.25) is 4.79 Å². The molecule has 1 N–H and O–H groups in total. The molecule has 0 unspecified atom stereocenters. The zero-order valence-electron chi connectivity index (χ0n) is 7.17. The van der Waals surface area contributed by atoms with Gasteiger partial charge in [-0.25, -0.2) is 0 Å². The van der Waals surface area contributed by atoms with Crippen LogP contribution in [0.15, 0.2) is 21.1 Å². The van der Waals surface area contributed by atoms with Gasteiger partial charge in [0.2, 0.25) is 0 Å². The number of aldehydes is 1. The van der Waals surface area contributed by atoms with Crippen molar-refractivity contribution in [3.8, 4) is 5.75 Å². The Morgan fingerprint density at radius 2 is 1.93 bits per heavy atom. The molecule has 0 atom stereocenters. The molecule has 0 amide bonds. The summed E-state index contributed by atoms with van der Waals surface area (Å²) in [5.41, 5.74) is 0.556. The van der Waals surface area contributed by atoms with E-state index in [1.165, 1.54) is 0 Å². The Labute approximate surface area is 98.3 Å². The van der Waals surface area contributed by atoms with Crippen molar-refractivity contribution in [1.29, 1.82) is 0 Å². The molecule has 0 bridgehead atoms. The second-order valence-corrected chi connectivity index (χ2v) is 4.21. The van der Waals surface area contributed by atoms with Crippen molar-refractivity contribution in [2.75, 3.05) is 13.2 Å². The van der Waals surface area contributed by atoms with Crippen LogP contribution in [-0.2, 0) is 0 Å². The number of aliphatic hydroxyl groups excluding tert-OH is 1. The van der Waals surface area contributed by atoms with Gasteiger partial charge >= 0.3 is 0 Å². The molecule has 0 aliphatic heterocycles. The Morgan fingerprint density at radius 1 is 1.36 bits per heavy atom. The van der Waals surface area contributed by atoms with E-state index in [1.807, 2.05) is 0 Å². The van der Waals surface area contributed by atoms with Gasteiger partial charge in [-0.05, 0) is 44.0 Å². The van der Waals surface area contributed by atoms with E-state index in [4.69, 9.17) is 9.84 Å². The normalized spacial score (nSPS) is 9.93. The molecule has 0 saturated carbocycles. The maximum Gasteiger partial charge on any atom is 0.150 e. The number of rotatable bonds is 4. The lowest BCUT2D eigenvalue weighted by Gasteiger charge is -2.09. The average molecular weight is 324 g/mol. The van der Waals surface area contributed by atoms with Crippen LogP contribution in [0.3, 0.4) is 0 Å². The minimum Gasteiger partial charge on any atom is -0.489 e. The first-order valence-electron chi connectivity index (χ1n) is 3.87. The molecule has 1 rings (SSSR count). The summed E-state index contributed by atoms with van der Waals surface area (Å²) in [7, 11) is 0. The number of hydrogen-bond donors (Lipinski definition) is 1. The van der Waals surface area contributed by atoms with Gasteiger partial charge in [0.25, 0.3) is 0 Å². The summed E-state index contributed by atoms with van der Waals surface area (Å²) in [6.45, 7) is 0.173. The highest BCUT2D eigenvalue weighted by atomic mass is 79.9. The Hall–Kier alpha value is -0.390. The van der Waals surface area contributed by atoms with Gasteiger partial charge in [0, 0.05) is 5.56 Å². The Balaban J connectivity index is 2.99. The second kappa shape index (κ2) is 5.48. The molecule has 0 aliphatic carbocycles. The molecule has 1 aromatic carbocycles. The lowest BCUT2D eigenvalue weighted by molar-refractivity contribution is 0.112. The second-order valence-electron chi connectivity index (χ2n) is 2.50. The maximum atomic E-state index is 10.5. The quantitative estimate of drug-likeness (QED) is 0.865. The molecule has 0 aromatic heterocycles. The summed E-state index contributed by atoms with van der Waals surface area (Å²) in [5, 5.41) is 8.60. The molecule has 14 heavy (non-hydrogen) atoms. The van der Waals surface area contributed by atoms with E-state index in [1.54, 1.807) is 12.1 Å². The van der Waals surface area contributed by atoms with Crippen LogP contribution in [0, 0.1) is 0 Å². The topological polar surface area (TPSA) is 46.5 Å². The molecule has 0 spiro atoms. The van der Waals surface area contributed by atoms with Crippen molar-refractivity contribution in [1.82, 2.24) is 0 Å².